The molecule has 0 aliphatic rings. The second-order valence-corrected chi connectivity index (χ2v) is 5.96. The van der Waals surface area contributed by atoms with E-state index in [-0.39, 0.29) is 5.91 Å². The minimum absolute atomic E-state index is 0.00503. The van der Waals surface area contributed by atoms with Gasteiger partial charge >= 0.3 is 0 Å². The Balaban J connectivity index is 1.85. The van der Waals surface area contributed by atoms with Crippen LogP contribution >= 0.6 is 22.6 Å². The van der Waals surface area contributed by atoms with Gasteiger partial charge in [-0.15, -0.1) is 0 Å². The molecule has 2 rings (SSSR count). The Bertz CT molecular complexity index is 572. The number of hydrogen-bond donors (Lipinski definition) is 1. The van der Waals surface area contributed by atoms with Gasteiger partial charge in [-0.3, -0.25) is 9.69 Å². The van der Waals surface area contributed by atoms with E-state index in [9.17, 15) is 4.79 Å². The molecule has 0 bridgehead atoms. The monoisotopic (exact) mass is 380 g/mol. The van der Waals surface area contributed by atoms with Crippen LogP contribution in [0, 0.1) is 3.57 Å². The number of halogens is 1. The van der Waals surface area contributed by atoms with E-state index >= 15 is 0 Å². The molecule has 0 heterocycles. The minimum Gasteiger partial charge on any atom is -0.325 e. The van der Waals surface area contributed by atoms with Crippen molar-refractivity contribution in [3.63, 3.8) is 0 Å². The molecule has 0 unspecified atom stereocenters. The maximum atomic E-state index is 12.0. The summed E-state index contributed by atoms with van der Waals surface area (Å²) in [5.41, 5.74) is 2.05. The lowest BCUT2D eigenvalue weighted by Crippen LogP contribution is -2.29. The van der Waals surface area contributed by atoms with Gasteiger partial charge in [0.1, 0.15) is 0 Å². The van der Waals surface area contributed by atoms with Crippen molar-refractivity contribution >= 4 is 34.2 Å². The number of anilines is 1. The normalized spacial score (nSPS) is 10.6. The van der Waals surface area contributed by atoms with Crippen LogP contribution in [0.4, 0.5) is 5.69 Å². The second-order valence-electron chi connectivity index (χ2n) is 4.72. The van der Waals surface area contributed by atoms with E-state index in [1.165, 1.54) is 5.56 Å². The summed E-state index contributed by atoms with van der Waals surface area (Å²) in [6, 6.07) is 17.9. The van der Waals surface area contributed by atoms with E-state index in [1.807, 2.05) is 54.4 Å². The first-order valence-corrected chi connectivity index (χ1v) is 7.49. The van der Waals surface area contributed by atoms with Gasteiger partial charge in [0.05, 0.1) is 6.54 Å². The minimum atomic E-state index is 0.00503. The molecule has 104 valence electrons. The summed E-state index contributed by atoms with van der Waals surface area (Å²) in [5.74, 6) is 0.00503. The fraction of sp³-hybridized carbons (Fsp3) is 0.188. The highest BCUT2D eigenvalue weighted by Crippen LogP contribution is 2.12. The number of benzene rings is 2. The SMILES string of the molecule is CN(CC(=O)Nc1cccc(I)c1)Cc1ccccc1. The van der Waals surface area contributed by atoms with Crippen LogP contribution in [-0.2, 0) is 11.3 Å². The summed E-state index contributed by atoms with van der Waals surface area (Å²) >= 11 is 2.23. The lowest BCUT2D eigenvalue weighted by molar-refractivity contribution is -0.117. The van der Waals surface area contributed by atoms with Gasteiger partial charge in [-0.25, -0.2) is 0 Å². The zero-order chi connectivity index (χ0) is 14.4. The van der Waals surface area contributed by atoms with E-state index in [2.05, 4.69) is 40.0 Å². The number of carbonyl (C=O) groups excluding carboxylic acids is 1. The first-order chi connectivity index (χ1) is 9.63. The molecular formula is C16H17IN2O. The number of carbonyl (C=O) groups is 1. The average molecular weight is 380 g/mol. The third kappa shape index (κ3) is 4.94. The molecular weight excluding hydrogens is 363 g/mol. The van der Waals surface area contributed by atoms with Crippen molar-refractivity contribution in [1.82, 2.24) is 4.90 Å². The third-order valence-corrected chi connectivity index (χ3v) is 3.49. The standard InChI is InChI=1S/C16H17IN2O/c1-19(11-13-6-3-2-4-7-13)12-16(20)18-15-9-5-8-14(17)10-15/h2-10H,11-12H2,1H3,(H,18,20). The van der Waals surface area contributed by atoms with E-state index in [1.54, 1.807) is 0 Å². The molecule has 20 heavy (non-hydrogen) atoms. The van der Waals surface area contributed by atoms with Crippen molar-refractivity contribution in [2.75, 3.05) is 18.9 Å². The number of rotatable bonds is 5. The smallest absolute Gasteiger partial charge is 0.238 e. The van der Waals surface area contributed by atoms with E-state index in [0.29, 0.717) is 6.54 Å². The van der Waals surface area contributed by atoms with Gasteiger partial charge in [-0.2, -0.15) is 0 Å². The average Bonchev–Trinajstić information content (AvgIpc) is 2.39. The summed E-state index contributed by atoms with van der Waals surface area (Å²) in [6.07, 6.45) is 0. The second kappa shape index (κ2) is 7.40. The van der Waals surface area contributed by atoms with Crippen LogP contribution in [0.5, 0.6) is 0 Å². The van der Waals surface area contributed by atoms with Gasteiger partial charge in [-0.1, -0.05) is 36.4 Å². The van der Waals surface area contributed by atoms with Crippen molar-refractivity contribution in [3.05, 3.63) is 63.7 Å². The Morgan fingerprint density at radius 3 is 2.60 bits per heavy atom. The number of nitrogens with zero attached hydrogens (tertiary/aromatic N) is 1. The zero-order valence-corrected chi connectivity index (χ0v) is 13.5. The van der Waals surface area contributed by atoms with Crippen LogP contribution in [0.3, 0.4) is 0 Å². The lowest BCUT2D eigenvalue weighted by Gasteiger charge is -2.16. The quantitative estimate of drug-likeness (QED) is 0.807. The van der Waals surface area contributed by atoms with Crippen molar-refractivity contribution in [1.29, 1.82) is 0 Å². The van der Waals surface area contributed by atoms with E-state index < -0.39 is 0 Å². The molecule has 1 N–H and O–H groups in total. The number of nitrogens with one attached hydrogen (secondary N) is 1. The molecule has 0 saturated heterocycles. The Labute approximate surface area is 133 Å². The number of likely N-dealkylation sites (N-methyl/N-ethyl adjacent to an activating group) is 1. The molecule has 0 radical (unpaired) electrons. The van der Waals surface area contributed by atoms with Crippen molar-refractivity contribution < 1.29 is 4.79 Å². The van der Waals surface area contributed by atoms with Gasteiger partial charge in [0.2, 0.25) is 5.91 Å². The lowest BCUT2D eigenvalue weighted by atomic mass is 10.2. The van der Waals surface area contributed by atoms with Crippen LogP contribution in [0.1, 0.15) is 5.56 Å². The van der Waals surface area contributed by atoms with E-state index in [0.717, 1.165) is 15.8 Å². The molecule has 3 nitrogen and oxygen atoms in total. The first-order valence-electron chi connectivity index (χ1n) is 6.41. The fourth-order valence-corrected chi connectivity index (χ4v) is 2.51. The summed E-state index contributed by atoms with van der Waals surface area (Å²) in [6.45, 7) is 1.14. The molecule has 0 aliphatic heterocycles. The van der Waals surface area contributed by atoms with Crippen LogP contribution in [0.15, 0.2) is 54.6 Å². The topological polar surface area (TPSA) is 32.3 Å². The highest BCUT2D eigenvalue weighted by Gasteiger charge is 2.07. The van der Waals surface area contributed by atoms with Crippen molar-refractivity contribution in [2.24, 2.45) is 0 Å². The summed E-state index contributed by atoms with van der Waals surface area (Å²) in [7, 11) is 1.95. The molecule has 0 aliphatic carbocycles. The predicted octanol–water partition coefficient (Wildman–Crippen LogP) is 3.36. The van der Waals surface area contributed by atoms with Crippen LogP contribution in [-0.4, -0.2) is 24.4 Å². The van der Waals surface area contributed by atoms with Gasteiger partial charge in [0, 0.05) is 15.8 Å². The molecule has 0 atom stereocenters. The Kier molecular flexibility index (Phi) is 5.55. The molecule has 0 spiro atoms. The molecule has 1 amide bonds. The Hall–Kier alpha value is -1.40. The maximum Gasteiger partial charge on any atom is 0.238 e. The van der Waals surface area contributed by atoms with Crippen molar-refractivity contribution in [2.45, 2.75) is 6.54 Å². The van der Waals surface area contributed by atoms with Gasteiger partial charge in [-0.05, 0) is 53.4 Å². The fourth-order valence-electron chi connectivity index (χ4n) is 1.96. The van der Waals surface area contributed by atoms with Gasteiger partial charge in [0.15, 0.2) is 0 Å². The van der Waals surface area contributed by atoms with Crippen LogP contribution in [0.25, 0.3) is 0 Å². The highest BCUT2D eigenvalue weighted by molar-refractivity contribution is 14.1. The molecule has 2 aromatic carbocycles. The van der Waals surface area contributed by atoms with Gasteiger partial charge in [0.25, 0.3) is 0 Å². The third-order valence-electron chi connectivity index (χ3n) is 2.82. The Morgan fingerprint density at radius 2 is 1.90 bits per heavy atom. The van der Waals surface area contributed by atoms with E-state index in [4.69, 9.17) is 0 Å². The van der Waals surface area contributed by atoms with Crippen molar-refractivity contribution in [3.8, 4) is 0 Å². The molecule has 0 saturated carbocycles. The predicted molar refractivity (Wildman–Crippen MR) is 90.6 cm³/mol. The summed E-state index contributed by atoms with van der Waals surface area (Å²) in [4.78, 5) is 14.0. The molecule has 2 aromatic rings. The molecule has 0 aromatic heterocycles. The maximum absolute atomic E-state index is 12.0. The highest BCUT2D eigenvalue weighted by atomic mass is 127. The summed E-state index contributed by atoms with van der Waals surface area (Å²) in [5, 5.41) is 2.91. The number of amides is 1. The van der Waals surface area contributed by atoms with Crippen LogP contribution in [0.2, 0.25) is 0 Å². The van der Waals surface area contributed by atoms with Gasteiger partial charge < -0.3 is 5.32 Å². The zero-order valence-electron chi connectivity index (χ0n) is 11.3. The molecule has 0 fully saturated rings. The van der Waals surface area contributed by atoms with Crippen LogP contribution < -0.4 is 5.32 Å². The Morgan fingerprint density at radius 1 is 1.15 bits per heavy atom. The first kappa shape index (κ1) is 15.0. The number of hydrogen-bond acceptors (Lipinski definition) is 2. The molecule has 4 heteroatoms. The summed E-state index contributed by atoms with van der Waals surface area (Å²) < 4.78 is 1.11. The largest absolute Gasteiger partial charge is 0.325 e.